The summed E-state index contributed by atoms with van der Waals surface area (Å²) < 4.78 is 14.6. The van der Waals surface area contributed by atoms with Gasteiger partial charge in [-0.1, -0.05) is 12.1 Å². The molecule has 1 atom stereocenters. The second-order valence-corrected chi connectivity index (χ2v) is 7.20. The van der Waals surface area contributed by atoms with E-state index in [1.54, 1.807) is 6.07 Å². The van der Waals surface area contributed by atoms with Gasteiger partial charge >= 0.3 is 0 Å². The third kappa shape index (κ3) is 3.03. The Morgan fingerprint density at radius 1 is 1.31 bits per heavy atom. The number of fused-ring (bicyclic) bond motifs is 1. The fourth-order valence-corrected chi connectivity index (χ4v) is 3.99. The molecule has 0 saturated carbocycles. The van der Waals surface area contributed by atoms with Gasteiger partial charge in [-0.05, 0) is 60.7 Å². The molecule has 4 N–H and O–H groups in total. The van der Waals surface area contributed by atoms with E-state index in [-0.39, 0.29) is 11.9 Å². The van der Waals surface area contributed by atoms with Crippen LogP contribution in [-0.4, -0.2) is 24.3 Å². The van der Waals surface area contributed by atoms with Crippen molar-refractivity contribution in [2.75, 3.05) is 18.0 Å². The number of piperidine rings is 1. The Bertz CT molecular complexity index is 858. The number of nitrogens with two attached hydrogens (primary N) is 1. The summed E-state index contributed by atoms with van der Waals surface area (Å²) in [7, 11) is 0. The zero-order chi connectivity index (χ0) is 18.3. The van der Waals surface area contributed by atoms with Gasteiger partial charge in [0.1, 0.15) is 5.82 Å². The highest BCUT2D eigenvalue weighted by atomic mass is 19.1. The first kappa shape index (κ1) is 16.9. The maximum Gasteiger partial charge on any atom is 0.131 e. The van der Waals surface area contributed by atoms with Crippen LogP contribution in [0.25, 0.3) is 17.2 Å². The van der Waals surface area contributed by atoms with E-state index in [1.165, 1.54) is 6.07 Å². The first-order valence-corrected chi connectivity index (χ1v) is 9.09. The van der Waals surface area contributed by atoms with E-state index in [1.807, 2.05) is 31.2 Å². The molecule has 1 fully saturated rings. The van der Waals surface area contributed by atoms with E-state index in [0.29, 0.717) is 24.5 Å². The molecule has 136 valence electrons. The van der Waals surface area contributed by atoms with Crippen molar-refractivity contribution < 1.29 is 9.50 Å². The van der Waals surface area contributed by atoms with Crippen LogP contribution in [0.15, 0.2) is 36.2 Å². The molecule has 2 aromatic carbocycles. The number of anilines is 1. The minimum atomic E-state index is -0.332. The Labute approximate surface area is 153 Å². The molecule has 5 heteroatoms. The summed E-state index contributed by atoms with van der Waals surface area (Å²) in [5.41, 5.74) is 11.6. The van der Waals surface area contributed by atoms with E-state index < -0.39 is 0 Å². The van der Waals surface area contributed by atoms with Crippen molar-refractivity contribution in [2.45, 2.75) is 32.4 Å². The van der Waals surface area contributed by atoms with Crippen molar-refractivity contribution in [3.8, 4) is 11.1 Å². The topological polar surface area (TPSA) is 61.5 Å². The van der Waals surface area contributed by atoms with Gasteiger partial charge in [-0.3, -0.25) is 0 Å². The lowest BCUT2D eigenvalue weighted by Crippen LogP contribution is -2.39. The third-order valence-electron chi connectivity index (χ3n) is 5.27. The van der Waals surface area contributed by atoms with Gasteiger partial charge in [0.05, 0.1) is 11.9 Å². The van der Waals surface area contributed by atoms with Crippen LogP contribution in [0.1, 0.15) is 29.5 Å². The average molecular weight is 353 g/mol. The van der Waals surface area contributed by atoms with Crippen molar-refractivity contribution in [2.24, 2.45) is 5.73 Å². The second kappa shape index (κ2) is 6.65. The quantitative estimate of drug-likeness (QED) is 0.776. The lowest BCUT2D eigenvalue weighted by atomic mass is 9.92. The van der Waals surface area contributed by atoms with Crippen molar-refractivity contribution in [3.05, 3.63) is 58.7 Å². The van der Waals surface area contributed by atoms with Gasteiger partial charge in [0.2, 0.25) is 0 Å². The average Bonchev–Trinajstić information content (AvgIpc) is 2.61. The number of β-amino-alcohol motifs (C(OH)–C–C–N with tert-alkyl or cyclic N) is 1. The van der Waals surface area contributed by atoms with E-state index in [2.05, 4.69) is 10.2 Å². The maximum atomic E-state index is 14.6. The van der Waals surface area contributed by atoms with Gasteiger partial charge in [-0.2, -0.15) is 0 Å². The maximum absolute atomic E-state index is 14.6. The van der Waals surface area contributed by atoms with E-state index in [0.717, 1.165) is 47.3 Å². The first-order chi connectivity index (χ1) is 12.5. The predicted octanol–water partition coefficient (Wildman–Crippen LogP) is 3.12. The number of aliphatic hydroxyl groups is 1. The highest BCUT2D eigenvalue weighted by Gasteiger charge is 2.24. The Kier molecular flexibility index (Phi) is 4.32. The molecule has 0 amide bonds. The first-order valence-electron chi connectivity index (χ1n) is 9.09. The Balaban J connectivity index is 1.89. The van der Waals surface area contributed by atoms with Gasteiger partial charge in [-0.15, -0.1) is 0 Å². The van der Waals surface area contributed by atoms with Crippen LogP contribution in [0.3, 0.4) is 0 Å². The number of hydrogen-bond acceptors (Lipinski definition) is 4. The normalized spacial score (nSPS) is 19.6. The molecule has 0 spiro atoms. The number of benzene rings is 2. The molecule has 4 rings (SSSR count). The van der Waals surface area contributed by atoms with Crippen LogP contribution in [0.4, 0.5) is 10.1 Å². The standard InChI is InChI=1S/C21H24FN3O/c1-13-4-2-6-18(22)21(13)14-8-15-11-24-20(23)10-17(15)19(9-14)25-7-3-5-16(26)12-25/h2,4,6,8-10,16,24,26H,3,5,7,11-12,23H2,1H3/t16-/m0/s1. The zero-order valence-electron chi connectivity index (χ0n) is 14.9. The molecule has 2 aromatic rings. The van der Waals surface area contributed by atoms with Gasteiger partial charge in [-0.25, -0.2) is 4.39 Å². The van der Waals surface area contributed by atoms with Crippen LogP contribution in [-0.2, 0) is 6.54 Å². The molecule has 26 heavy (non-hydrogen) atoms. The minimum absolute atomic E-state index is 0.214. The molecule has 0 aliphatic carbocycles. The summed E-state index contributed by atoms with van der Waals surface area (Å²) >= 11 is 0. The van der Waals surface area contributed by atoms with E-state index in [4.69, 9.17) is 5.73 Å². The lowest BCUT2D eigenvalue weighted by Gasteiger charge is -2.35. The van der Waals surface area contributed by atoms with Crippen molar-refractivity contribution in [1.82, 2.24) is 5.32 Å². The number of aliphatic hydroxyl groups excluding tert-OH is 1. The number of halogens is 1. The highest BCUT2D eigenvalue weighted by molar-refractivity contribution is 5.81. The van der Waals surface area contributed by atoms with Crippen LogP contribution >= 0.6 is 0 Å². The van der Waals surface area contributed by atoms with Crippen LogP contribution in [0, 0.1) is 12.7 Å². The second-order valence-electron chi connectivity index (χ2n) is 7.20. The number of hydrogen-bond donors (Lipinski definition) is 3. The Hall–Kier alpha value is -2.53. The zero-order valence-corrected chi connectivity index (χ0v) is 14.9. The minimum Gasteiger partial charge on any atom is -0.391 e. The molecule has 0 aromatic heterocycles. The molecule has 0 radical (unpaired) electrons. The number of aryl methyl sites for hydroxylation is 1. The predicted molar refractivity (Wildman–Crippen MR) is 103 cm³/mol. The molecule has 0 bridgehead atoms. The smallest absolute Gasteiger partial charge is 0.131 e. The van der Waals surface area contributed by atoms with Crippen LogP contribution in [0.2, 0.25) is 0 Å². The molecule has 2 heterocycles. The van der Waals surface area contributed by atoms with Crippen molar-refractivity contribution in [3.63, 3.8) is 0 Å². The number of nitrogens with zero attached hydrogens (tertiary/aromatic N) is 1. The summed E-state index contributed by atoms with van der Waals surface area (Å²) in [4.78, 5) is 2.20. The number of nitrogens with one attached hydrogen (secondary N) is 1. The molecule has 2 aliphatic rings. The fourth-order valence-electron chi connectivity index (χ4n) is 3.99. The summed E-state index contributed by atoms with van der Waals surface area (Å²) in [6, 6.07) is 9.25. The molecular formula is C21H24FN3O. The summed E-state index contributed by atoms with van der Waals surface area (Å²) in [5, 5.41) is 13.3. The van der Waals surface area contributed by atoms with Gasteiger partial charge in [0, 0.05) is 36.4 Å². The van der Waals surface area contributed by atoms with E-state index >= 15 is 0 Å². The fraction of sp³-hybridized carbons (Fsp3) is 0.333. The summed E-state index contributed by atoms with van der Waals surface area (Å²) in [6.45, 7) is 4.01. The molecule has 1 saturated heterocycles. The van der Waals surface area contributed by atoms with Gasteiger partial charge in [0.25, 0.3) is 0 Å². The Morgan fingerprint density at radius 3 is 2.92 bits per heavy atom. The van der Waals surface area contributed by atoms with Crippen molar-refractivity contribution in [1.29, 1.82) is 0 Å². The van der Waals surface area contributed by atoms with Gasteiger partial charge in [0.15, 0.2) is 0 Å². The number of rotatable bonds is 2. The summed E-state index contributed by atoms with van der Waals surface area (Å²) in [5.74, 6) is 0.416. The highest BCUT2D eigenvalue weighted by Crippen LogP contribution is 2.37. The monoisotopic (exact) mass is 353 g/mol. The molecule has 4 nitrogen and oxygen atoms in total. The molecular weight excluding hydrogens is 329 g/mol. The molecule has 0 unspecified atom stereocenters. The van der Waals surface area contributed by atoms with Crippen molar-refractivity contribution >= 4 is 11.8 Å². The SMILES string of the molecule is Cc1cccc(F)c1-c1cc2c(c(N3CCC[C@H](O)C3)c1)C=C(N)NC2. The largest absolute Gasteiger partial charge is 0.391 e. The van der Waals surface area contributed by atoms with Crippen LogP contribution < -0.4 is 16.0 Å². The molecule has 2 aliphatic heterocycles. The lowest BCUT2D eigenvalue weighted by molar-refractivity contribution is 0.154. The Morgan fingerprint density at radius 2 is 2.15 bits per heavy atom. The van der Waals surface area contributed by atoms with E-state index in [9.17, 15) is 9.50 Å². The third-order valence-corrected chi connectivity index (χ3v) is 5.27. The van der Waals surface area contributed by atoms with Gasteiger partial charge < -0.3 is 21.1 Å². The van der Waals surface area contributed by atoms with Crippen LogP contribution in [0.5, 0.6) is 0 Å². The summed E-state index contributed by atoms with van der Waals surface area (Å²) in [6.07, 6.45) is 3.37.